The van der Waals surface area contributed by atoms with Crippen LogP contribution < -0.4 is 4.74 Å². The zero-order valence-corrected chi connectivity index (χ0v) is 14.9. The van der Waals surface area contributed by atoms with Gasteiger partial charge in [-0.1, -0.05) is 54.6 Å². The summed E-state index contributed by atoms with van der Waals surface area (Å²) in [6.07, 6.45) is 0.925. The van der Waals surface area contributed by atoms with Crippen molar-refractivity contribution in [2.75, 3.05) is 6.61 Å². The Hall–Kier alpha value is -3.07. The lowest BCUT2D eigenvalue weighted by molar-refractivity contribution is 0.303. The molecule has 0 aliphatic heterocycles. The molecule has 0 saturated heterocycles. The lowest BCUT2D eigenvalue weighted by Crippen LogP contribution is -2.06. The van der Waals surface area contributed by atoms with E-state index in [9.17, 15) is 0 Å². The van der Waals surface area contributed by atoms with Crippen LogP contribution in [0, 0.1) is 6.92 Å². The van der Waals surface area contributed by atoms with E-state index >= 15 is 0 Å². The quantitative estimate of drug-likeness (QED) is 0.434. The van der Waals surface area contributed by atoms with Crippen LogP contribution in [-0.4, -0.2) is 16.2 Å². The van der Waals surface area contributed by atoms with Crippen molar-refractivity contribution in [2.24, 2.45) is 0 Å². The first-order valence-corrected chi connectivity index (χ1v) is 9.02. The van der Waals surface area contributed by atoms with Crippen molar-refractivity contribution < 1.29 is 4.74 Å². The zero-order valence-electron chi connectivity index (χ0n) is 14.9. The van der Waals surface area contributed by atoms with Crippen molar-refractivity contribution in [3.05, 3.63) is 84.4 Å². The van der Waals surface area contributed by atoms with E-state index in [1.54, 1.807) is 0 Å². The fourth-order valence-corrected chi connectivity index (χ4v) is 3.26. The van der Waals surface area contributed by atoms with Crippen molar-refractivity contribution in [3.63, 3.8) is 0 Å². The van der Waals surface area contributed by atoms with Gasteiger partial charge < -0.3 is 9.30 Å². The Balaban J connectivity index is 1.59. The van der Waals surface area contributed by atoms with Crippen LogP contribution in [0.1, 0.15) is 12.0 Å². The number of hydrogen-bond donors (Lipinski definition) is 0. The monoisotopic (exact) mass is 342 g/mol. The van der Waals surface area contributed by atoms with Gasteiger partial charge in [0, 0.05) is 12.1 Å². The predicted molar refractivity (Wildman–Crippen MR) is 106 cm³/mol. The van der Waals surface area contributed by atoms with E-state index in [-0.39, 0.29) is 0 Å². The number of aryl methyl sites for hydroxylation is 2. The first-order chi connectivity index (χ1) is 12.8. The molecule has 130 valence electrons. The van der Waals surface area contributed by atoms with E-state index in [1.807, 2.05) is 36.4 Å². The third-order valence-corrected chi connectivity index (χ3v) is 4.58. The van der Waals surface area contributed by atoms with E-state index in [4.69, 9.17) is 9.72 Å². The highest BCUT2D eigenvalue weighted by atomic mass is 16.5. The third-order valence-electron chi connectivity index (χ3n) is 4.58. The molecule has 0 unspecified atom stereocenters. The maximum absolute atomic E-state index is 5.85. The Morgan fingerprint density at radius 1 is 0.846 bits per heavy atom. The molecular formula is C23H22N2O. The van der Waals surface area contributed by atoms with Crippen LogP contribution in [0.5, 0.6) is 5.75 Å². The second-order valence-corrected chi connectivity index (χ2v) is 6.41. The van der Waals surface area contributed by atoms with Gasteiger partial charge in [-0.15, -0.1) is 0 Å². The zero-order chi connectivity index (χ0) is 17.8. The average molecular weight is 342 g/mol. The molecule has 3 nitrogen and oxygen atoms in total. The van der Waals surface area contributed by atoms with Crippen molar-refractivity contribution in [1.82, 2.24) is 9.55 Å². The maximum atomic E-state index is 5.85. The molecule has 3 aromatic carbocycles. The van der Waals surface area contributed by atoms with Gasteiger partial charge >= 0.3 is 0 Å². The number of nitrogens with zero attached hydrogens (tertiary/aromatic N) is 2. The van der Waals surface area contributed by atoms with Gasteiger partial charge in [-0.3, -0.25) is 0 Å². The molecule has 0 spiro atoms. The van der Waals surface area contributed by atoms with Crippen molar-refractivity contribution in [3.8, 4) is 17.1 Å². The highest BCUT2D eigenvalue weighted by molar-refractivity contribution is 5.81. The molecule has 3 heteroatoms. The minimum Gasteiger partial charge on any atom is -0.494 e. The van der Waals surface area contributed by atoms with E-state index in [2.05, 4.69) is 54.0 Å². The van der Waals surface area contributed by atoms with Crippen LogP contribution in [-0.2, 0) is 6.54 Å². The minimum absolute atomic E-state index is 0.684. The SMILES string of the molecule is Cc1ccccc1-c1nc2ccccc2n1CCCOc1ccccc1. The summed E-state index contributed by atoms with van der Waals surface area (Å²) in [5.74, 6) is 1.95. The van der Waals surface area contributed by atoms with Gasteiger partial charge in [-0.05, 0) is 43.2 Å². The number of para-hydroxylation sites is 3. The lowest BCUT2D eigenvalue weighted by Gasteiger charge is -2.12. The summed E-state index contributed by atoms with van der Waals surface area (Å²) < 4.78 is 8.16. The molecule has 0 saturated carbocycles. The smallest absolute Gasteiger partial charge is 0.141 e. The Labute approximate surface area is 153 Å². The summed E-state index contributed by atoms with van der Waals surface area (Å²) in [4.78, 5) is 4.90. The van der Waals surface area contributed by atoms with Crippen molar-refractivity contribution >= 4 is 11.0 Å². The number of hydrogen-bond acceptors (Lipinski definition) is 2. The molecule has 0 atom stereocenters. The highest BCUT2D eigenvalue weighted by Crippen LogP contribution is 2.27. The van der Waals surface area contributed by atoms with Crippen LogP contribution in [0.15, 0.2) is 78.9 Å². The summed E-state index contributed by atoms with van der Waals surface area (Å²) in [7, 11) is 0. The van der Waals surface area contributed by atoms with Gasteiger partial charge in [0.05, 0.1) is 17.6 Å². The molecule has 4 aromatic rings. The van der Waals surface area contributed by atoms with Gasteiger partial charge in [-0.2, -0.15) is 0 Å². The largest absolute Gasteiger partial charge is 0.494 e. The maximum Gasteiger partial charge on any atom is 0.141 e. The normalized spacial score (nSPS) is 11.0. The molecule has 0 aliphatic carbocycles. The number of ether oxygens (including phenoxy) is 1. The molecule has 4 rings (SSSR count). The number of fused-ring (bicyclic) bond motifs is 1. The van der Waals surface area contributed by atoms with E-state index < -0.39 is 0 Å². The Kier molecular flexibility index (Phi) is 4.69. The molecular weight excluding hydrogens is 320 g/mol. The van der Waals surface area contributed by atoms with Crippen molar-refractivity contribution in [2.45, 2.75) is 19.9 Å². The minimum atomic E-state index is 0.684. The molecule has 0 radical (unpaired) electrons. The van der Waals surface area contributed by atoms with Crippen LogP contribution in [0.25, 0.3) is 22.4 Å². The summed E-state index contributed by atoms with van der Waals surface area (Å²) in [6.45, 7) is 3.69. The third kappa shape index (κ3) is 3.33. The van der Waals surface area contributed by atoms with Crippen LogP contribution in [0.4, 0.5) is 0 Å². The molecule has 1 heterocycles. The van der Waals surface area contributed by atoms with Gasteiger partial charge in [0.1, 0.15) is 11.6 Å². The topological polar surface area (TPSA) is 27.1 Å². The Bertz CT molecular complexity index is 1010. The first-order valence-electron chi connectivity index (χ1n) is 9.02. The summed E-state index contributed by atoms with van der Waals surface area (Å²) >= 11 is 0. The second-order valence-electron chi connectivity index (χ2n) is 6.41. The van der Waals surface area contributed by atoms with Gasteiger partial charge in [0.15, 0.2) is 0 Å². The van der Waals surface area contributed by atoms with Gasteiger partial charge in [0.25, 0.3) is 0 Å². The molecule has 26 heavy (non-hydrogen) atoms. The Morgan fingerprint density at radius 3 is 2.42 bits per heavy atom. The Morgan fingerprint density at radius 2 is 1.58 bits per heavy atom. The summed E-state index contributed by atoms with van der Waals surface area (Å²) in [6, 6.07) is 26.7. The number of rotatable bonds is 6. The second kappa shape index (κ2) is 7.44. The average Bonchev–Trinajstić information content (AvgIpc) is 3.05. The number of aromatic nitrogens is 2. The van der Waals surface area contributed by atoms with E-state index in [0.717, 1.165) is 30.1 Å². The molecule has 1 aromatic heterocycles. The predicted octanol–water partition coefficient (Wildman–Crippen LogP) is 5.48. The first kappa shape index (κ1) is 16.4. The van der Waals surface area contributed by atoms with Crippen LogP contribution in [0.3, 0.4) is 0 Å². The fraction of sp³-hybridized carbons (Fsp3) is 0.174. The number of imidazole rings is 1. The lowest BCUT2D eigenvalue weighted by atomic mass is 10.1. The summed E-state index contributed by atoms with van der Waals surface area (Å²) in [5.41, 5.74) is 4.64. The van der Waals surface area contributed by atoms with Gasteiger partial charge in [0.2, 0.25) is 0 Å². The van der Waals surface area contributed by atoms with E-state index in [0.29, 0.717) is 6.61 Å². The van der Waals surface area contributed by atoms with Crippen LogP contribution in [0.2, 0.25) is 0 Å². The van der Waals surface area contributed by atoms with E-state index in [1.165, 1.54) is 16.6 Å². The van der Waals surface area contributed by atoms with Crippen molar-refractivity contribution in [1.29, 1.82) is 0 Å². The molecule has 0 aliphatic rings. The van der Waals surface area contributed by atoms with Gasteiger partial charge in [-0.25, -0.2) is 4.98 Å². The molecule has 0 fully saturated rings. The standard InChI is InChI=1S/C23H22N2O/c1-18-10-5-6-13-20(18)23-24-21-14-7-8-15-22(21)25(23)16-9-17-26-19-11-3-2-4-12-19/h2-8,10-15H,9,16-17H2,1H3. The number of benzene rings is 3. The fourth-order valence-electron chi connectivity index (χ4n) is 3.26. The molecule has 0 bridgehead atoms. The van der Waals surface area contributed by atoms with Crippen LogP contribution >= 0.6 is 0 Å². The molecule has 0 amide bonds. The highest BCUT2D eigenvalue weighted by Gasteiger charge is 2.13. The molecule has 0 N–H and O–H groups in total. The summed E-state index contributed by atoms with van der Waals surface area (Å²) in [5, 5.41) is 0.